The van der Waals surface area contributed by atoms with Crippen molar-refractivity contribution >= 4 is 11.9 Å². The molecule has 8 heteroatoms. The van der Waals surface area contributed by atoms with Crippen molar-refractivity contribution in [3.63, 3.8) is 0 Å². The molecule has 1 amide bonds. The quantitative estimate of drug-likeness (QED) is 0.803. The average molecular weight is 282 g/mol. The van der Waals surface area contributed by atoms with Crippen LogP contribution in [0.1, 0.15) is 20.3 Å². The number of alkyl halides is 3. The van der Waals surface area contributed by atoms with Crippen LogP contribution in [0, 0.1) is 11.3 Å². The van der Waals surface area contributed by atoms with E-state index in [9.17, 15) is 22.8 Å². The van der Waals surface area contributed by atoms with Crippen LogP contribution in [0.5, 0.6) is 0 Å². The molecule has 0 bridgehead atoms. The first kappa shape index (κ1) is 15.7. The fraction of sp³-hybridized carbons (Fsp3) is 0.818. The number of aliphatic carboxylic acids is 1. The van der Waals surface area contributed by atoms with E-state index < -0.39 is 42.5 Å². The van der Waals surface area contributed by atoms with Crippen molar-refractivity contribution in [3.8, 4) is 0 Å². The number of carboxylic acid groups (broad SMARTS) is 1. The van der Waals surface area contributed by atoms with Crippen LogP contribution in [-0.4, -0.2) is 47.2 Å². The maximum atomic E-state index is 12.9. The second-order valence-electron chi connectivity index (χ2n) is 5.16. The normalized spacial score (nSPS) is 25.7. The van der Waals surface area contributed by atoms with Crippen molar-refractivity contribution in [2.45, 2.75) is 32.5 Å². The Kier molecular flexibility index (Phi) is 4.14. The highest BCUT2D eigenvalue weighted by molar-refractivity contribution is 5.84. The molecule has 5 nitrogen and oxygen atoms in total. The van der Waals surface area contributed by atoms with Gasteiger partial charge in [-0.1, -0.05) is 13.8 Å². The predicted molar refractivity (Wildman–Crippen MR) is 60.1 cm³/mol. The van der Waals surface area contributed by atoms with E-state index in [-0.39, 0.29) is 12.5 Å². The monoisotopic (exact) mass is 282 g/mol. The summed E-state index contributed by atoms with van der Waals surface area (Å²) in [6.07, 6.45) is -5.53. The number of rotatable bonds is 3. The molecule has 1 unspecified atom stereocenters. The topological polar surface area (TPSA) is 83.6 Å². The van der Waals surface area contributed by atoms with Crippen molar-refractivity contribution in [1.82, 2.24) is 4.90 Å². The van der Waals surface area contributed by atoms with Crippen molar-refractivity contribution in [1.29, 1.82) is 0 Å². The van der Waals surface area contributed by atoms with Gasteiger partial charge >= 0.3 is 12.1 Å². The first-order chi connectivity index (χ1) is 8.53. The molecule has 0 saturated carbocycles. The minimum absolute atomic E-state index is 0.224. The molecule has 1 aliphatic rings. The summed E-state index contributed by atoms with van der Waals surface area (Å²) < 4.78 is 38.7. The van der Waals surface area contributed by atoms with E-state index in [2.05, 4.69) is 0 Å². The third-order valence-corrected chi connectivity index (χ3v) is 3.54. The molecule has 0 aromatic carbocycles. The average Bonchev–Trinajstić information content (AvgIpc) is 2.72. The molecule has 2 atom stereocenters. The maximum Gasteiger partial charge on any atom is 0.406 e. The van der Waals surface area contributed by atoms with Crippen LogP contribution in [-0.2, 0) is 9.59 Å². The van der Waals surface area contributed by atoms with Gasteiger partial charge in [-0.3, -0.25) is 9.59 Å². The number of hydrogen-bond acceptors (Lipinski definition) is 3. The summed E-state index contributed by atoms with van der Waals surface area (Å²) in [5, 5.41) is 8.86. The molecular weight excluding hydrogens is 265 g/mol. The van der Waals surface area contributed by atoms with Crippen molar-refractivity contribution < 1.29 is 27.9 Å². The number of nitrogens with two attached hydrogens (primary N) is 1. The van der Waals surface area contributed by atoms with Crippen LogP contribution in [0.15, 0.2) is 0 Å². The highest BCUT2D eigenvalue weighted by Gasteiger charge is 2.64. The number of carbonyl (C=O) groups is 2. The summed E-state index contributed by atoms with van der Waals surface area (Å²) in [6, 6.07) is -0.919. The Labute approximate surface area is 108 Å². The van der Waals surface area contributed by atoms with E-state index in [1.165, 1.54) is 0 Å². The Balaban J connectivity index is 2.93. The van der Waals surface area contributed by atoms with Gasteiger partial charge in [-0.2, -0.15) is 13.2 Å². The molecule has 0 aromatic heterocycles. The lowest BCUT2D eigenvalue weighted by molar-refractivity contribution is -0.227. The predicted octanol–water partition coefficient (Wildman–Crippen LogP) is 0.835. The maximum absolute atomic E-state index is 12.9. The summed E-state index contributed by atoms with van der Waals surface area (Å²) in [5.74, 6) is -2.81. The summed E-state index contributed by atoms with van der Waals surface area (Å²) in [6.45, 7) is 2.23. The van der Waals surface area contributed by atoms with Gasteiger partial charge in [0, 0.05) is 13.1 Å². The van der Waals surface area contributed by atoms with Gasteiger partial charge < -0.3 is 15.7 Å². The van der Waals surface area contributed by atoms with Crippen LogP contribution in [0.4, 0.5) is 13.2 Å². The third kappa shape index (κ3) is 2.68. The number of nitrogens with zero attached hydrogens (tertiary/aromatic N) is 1. The standard InChI is InChI=1S/C11H17F3N2O3/c1-6(2)7(15)8(17)16-4-3-10(5-16,9(18)19)11(12,13)14/h6-7H,3-5,15H2,1-2H3,(H,18,19)/t7-,10?/m0/s1. The Bertz CT molecular complexity index is 384. The first-order valence-corrected chi connectivity index (χ1v) is 5.87. The molecule has 1 heterocycles. The van der Waals surface area contributed by atoms with Gasteiger partial charge in [-0.25, -0.2) is 0 Å². The second-order valence-corrected chi connectivity index (χ2v) is 5.16. The van der Waals surface area contributed by atoms with Gasteiger partial charge in [0.25, 0.3) is 0 Å². The van der Waals surface area contributed by atoms with E-state index in [0.29, 0.717) is 0 Å². The Hall–Kier alpha value is -1.31. The molecule has 110 valence electrons. The molecular formula is C11H17F3N2O3. The zero-order valence-corrected chi connectivity index (χ0v) is 10.7. The fourth-order valence-corrected chi connectivity index (χ4v) is 2.02. The third-order valence-electron chi connectivity index (χ3n) is 3.54. The van der Waals surface area contributed by atoms with Crippen LogP contribution in [0.25, 0.3) is 0 Å². The number of amides is 1. The lowest BCUT2D eigenvalue weighted by Gasteiger charge is -2.28. The molecule has 0 spiro atoms. The number of hydrogen-bond donors (Lipinski definition) is 2. The van der Waals surface area contributed by atoms with Gasteiger partial charge in [0.15, 0.2) is 5.41 Å². The van der Waals surface area contributed by atoms with Crippen LogP contribution >= 0.6 is 0 Å². The van der Waals surface area contributed by atoms with Crippen LogP contribution < -0.4 is 5.73 Å². The Morgan fingerprint density at radius 3 is 2.21 bits per heavy atom. The molecule has 1 fully saturated rings. The van der Waals surface area contributed by atoms with Crippen molar-refractivity contribution in [2.75, 3.05) is 13.1 Å². The first-order valence-electron chi connectivity index (χ1n) is 5.87. The molecule has 0 aromatic rings. The van der Waals surface area contributed by atoms with E-state index in [1.807, 2.05) is 0 Å². The Morgan fingerprint density at radius 2 is 1.89 bits per heavy atom. The molecule has 19 heavy (non-hydrogen) atoms. The summed E-state index contributed by atoms with van der Waals surface area (Å²) in [5.41, 5.74) is 2.72. The van der Waals surface area contributed by atoms with Crippen molar-refractivity contribution in [3.05, 3.63) is 0 Å². The zero-order chi connectivity index (χ0) is 15.0. The summed E-state index contributed by atoms with van der Waals surface area (Å²) in [4.78, 5) is 23.7. The molecule has 0 aliphatic carbocycles. The van der Waals surface area contributed by atoms with Crippen LogP contribution in [0.2, 0.25) is 0 Å². The van der Waals surface area contributed by atoms with Gasteiger partial charge in [-0.15, -0.1) is 0 Å². The minimum atomic E-state index is -4.89. The smallest absolute Gasteiger partial charge is 0.406 e. The van der Waals surface area contributed by atoms with E-state index in [0.717, 1.165) is 4.90 Å². The molecule has 1 rings (SSSR count). The highest BCUT2D eigenvalue weighted by Crippen LogP contribution is 2.45. The van der Waals surface area contributed by atoms with Gasteiger partial charge in [0.2, 0.25) is 5.91 Å². The van der Waals surface area contributed by atoms with E-state index >= 15 is 0 Å². The number of carboxylic acids is 1. The lowest BCUT2D eigenvalue weighted by atomic mass is 9.86. The zero-order valence-electron chi connectivity index (χ0n) is 10.7. The molecule has 3 N–H and O–H groups in total. The molecule has 1 saturated heterocycles. The van der Waals surface area contributed by atoms with Gasteiger partial charge in [0.1, 0.15) is 0 Å². The van der Waals surface area contributed by atoms with Gasteiger partial charge in [-0.05, 0) is 12.3 Å². The SMILES string of the molecule is CC(C)[C@H](N)C(=O)N1CCC(C(=O)O)(C(F)(F)F)C1. The second kappa shape index (κ2) is 4.99. The van der Waals surface area contributed by atoms with Crippen molar-refractivity contribution in [2.24, 2.45) is 17.1 Å². The number of carbonyl (C=O) groups excluding carboxylic acids is 1. The minimum Gasteiger partial charge on any atom is -0.481 e. The highest BCUT2D eigenvalue weighted by atomic mass is 19.4. The summed E-state index contributed by atoms with van der Waals surface area (Å²) in [7, 11) is 0. The van der Waals surface area contributed by atoms with E-state index in [4.69, 9.17) is 10.8 Å². The summed E-state index contributed by atoms with van der Waals surface area (Å²) >= 11 is 0. The van der Waals surface area contributed by atoms with Gasteiger partial charge in [0.05, 0.1) is 6.04 Å². The number of halogens is 3. The number of likely N-dealkylation sites (tertiary alicyclic amines) is 1. The molecule has 1 aliphatic heterocycles. The molecule has 0 radical (unpaired) electrons. The fourth-order valence-electron chi connectivity index (χ4n) is 2.02. The Morgan fingerprint density at radius 1 is 1.37 bits per heavy atom. The van der Waals surface area contributed by atoms with Crippen LogP contribution in [0.3, 0.4) is 0 Å². The van der Waals surface area contributed by atoms with E-state index in [1.54, 1.807) is 13.8 Å². The largest absolute Gasteiger partial charge is 0.481 e. The lowest BCUT2D eigenvalue weighted by Crippen LogP contribution is -2.50.